The summed E-state index contributed by atoms with van der Waals surface area (Å²) >= 11 is 0. The first-order valence-electron chi connectivity index (χ1n) is 7.50. The Morgan fingerprint density at radius 2 is 2.10 bits per heavy atom. The molecule has 2 N–H and O–H groups in total. The van der Waals surface area contributed by atoms with Gasteiger partial charge in [0.05, 0.1) is 0 Å². The van der Waals surface area contributed by atoms with Crippen molar-refractivity contribution in [3.63, 3.8) is 0 Å². The van der Waals surface area contributed by atoms with Crippen LogP contribution >= 0.6 is 0 Å². The van der Waals surface area contributed by atoms with Gasteiger partial charge in [-0.3, -0.25) is 14.6 Å². The van der Waals surface area contributed by atoms with E-state index < -0.39 is 5.97 Å². The smallest absolute Gasteiger partial charge is 0.303 e. The number of nitrogens with zero attached hydrogens (tertiary/aromatic N) is 1. The van der Waals surface area contributed by atoms with Crippen LogP contribution in [0.1, 0.15) is 44.7 Å². The van der Waals surface area contributed by atoms with Gasteiger partial charge in [-0.05, 0) is 37.3 Å². The van der Waals surface area contributed by atoms with Crippen LogP contribution in [0.15, 0.2) is 24.4 Å². The summed E-state index contributed by atoms with van der Waals surface area (Å²) in [5.41, 5.74) is 0.917. The van der Waals surface area contributed by atoms with Crippen molar-refractivity contribution < 1.29 is 14.7 Å². The molecule has 0 spiro atoms. The van der Waals surface area contributed by atoms with Gasteiger partial charge in [0.25, 0.3) is 0 Å². The number of carbonyl (C=O) groups excluding carboxylic acids is 1. The molecule has 1 amide bonds. The highest BCUT2D eigenvalue weighted by Gasteiger charge is 2.09. The molecule has 0 aromatic carbocycles. The Labute approximate surface area is 125 Å². The first-order valence-corrected chi connectivity index (χ1v) is 7.50. The van der Waals surface area contributed by atoms with E-state index in [1.54, 1.807) is 6.20 Å². The topological polar surface area (TPSA) is 79.3 Å². The molecular formula is C16H24N2O3. The van der Waals surface area contributed by atoms with Crippen LogP contribution in [-0.4, -0.2) is 28.5 Å². The molecule has 1 aromatic rings. The fourth-order valence-corrected chi connectivity index (χ4v) is 2.17. The molecule has 0 aliphatic heterocycles. The van der Waals surface area contributed by atoms with Crippen LogP contribution in [0.5, 0.6) is 0 Å². The van der Waals surface area contributed by atoms with Crippen LogP contribution < -0.4 is 5.32 Å². The molecule has 1 heterocycles. The number of amides is 1. The third-order valence-corrected chi connectivity index (χ3v) is 3.55. The first kappa shape index (κ1) is 17.1. The van der Waals surface area contributed by atoms with Crippen LogP contribution in [0.25, 0.3) is 0 Å². The van der Waals surface area contributed by atoms with Gasteiger partial charge >= 0.3 is 5.97 Å². The van der Waals surface area contributed by atoms with Crippen LogP contribution in [0.3, 0.4) is 0 Å². The zero-order valence-electron chi connectivity index (χ0n) is 12.5. The van der Waals surface area contributed by atoms with Crippen molar-refractivity contribution >= 4 is 11.9 Å². The van der Waals surface area contributed by atoms with Gasteiger partial charge in [0.1, 0.15) is 0 Å². The van der Waals surface area contributed by atoms with E-state index in [-0.39, 0.29) is 12.3 Å². The number of carboxylic acid groups (broad SMARTS) is 1. The van der Waals surface area contributed by atoms with E-state index in [1.165, 1.54) is 0 Å². The lowest BCUT2D eigenvalue weighted by molar-refractivity contribution is -0.137. The molecular weight excluding hydrogens is 268 g/mol. The molecule has 1 aromatic heterocycles. The van der Waals surface area contributed by atoms with E-state index in [0.29, 0.717) is 31.7 Å². The Morgan fingerprint density at radius 1 is 1.29 bits per heavy atom. The minimum Gasteiger partial charge on any atom is -0.481 e. The Hall–Kier alpha value is -1.91. The Kier molecular flexibility index (Phi) is 8.09. The molecule has 1 rings (SSSR count). The van der Waals surface area contributed by atoms with Crippen molar-refractivity contribution in [3.05, 3.63) is 30.1 Å². The number of carbonyl (C=O) groups is 2. The Morgan fingerprint density at radius 3 is 2.71 bits per heavy atom. The molecule has 1 atom stereocenters. The highest BCUT2D eigenvalue weighted by atomic mass is 16.4. The Bertz CT molecular complexity index is 434. The fourth-order valence-electron chi connectivity index (χ4n) is 2.17. The standard InChI is InChI=1S/C16H24N2O3/c1-2-13(6-9-16(20)21)10-12-18-15(19)8-7-14-5-3-4-11-17-14/h3-5,11,13H,2,6-10,12H2,1H3,(H,18,19)(H,20,21). The van der Waals surface area contributed by atoms with Crippen LogP contribution in [0.2, 0.25) is 0 Å². The Balaban J connectivity index is 2.16. The quantitative estimate of drug-likeness (QED) is 0.694. The monoisotopic (exact) mass is 292 g/mol. The number of carboxylic acids is 1. The maximum absolute atomic E-state index is 11.7. The number of pyridine rings is 1. The average molecular weight is 292 g/mol. The second kappa shape index (κ2) is 9.91. The summed E-state index contributed by atoms with van der Waals surface area (Å²) in [6.07, 6.45) is 5.45. The zero-order chi connectivity index (χ0) is 15.5. The van der Waals surface area contributed by atoms with Gasteiger partial charge in [-0.15, -0.1) is 0 Å². The van der Waals surface area contributed by atoms with Gasteiger partial charge in [-0.2, -0.15) is 0 Å². The van der Waals surface area contributed by atoms with E-state index in [4.69, 9.17) is 5.11 Å². The third-order valence-electron chi connectivity index (χ3n) is 3.55. The molecule has 0 radical (unpaired) electrons. The number of aliphatic carboxylic acids is 1. The van der Waals surface area contributed by atoms with Gasteiger partial charge in [0, 0.05) is 31.3 Å². The molecule has 5 heteroatoms. The summed E-state index contributed by atoms with van der Waals surface area (Å²) in [5, 5.41) is 11.6. The number of aromatic nitrogens is 1. The molecule has 0 saturated heterocycles. The van der Waals surface area contributed by atoms with E-state index in [0.717, 1.165) is 18.5 Å². The second-order valence-corrected chi connectivity index (χ2v) is 5.17. The average Bonchev–Trinajstić information content (AvgIpc) is 2.49. The van der Waals surface area contributed by atoms with Crippen LogP contribution in [0.4, 0.5) is 0 Å². The lowest BCUT2D eigenvalue weighted by Gasteiger charge is -2.14. The summed E-state index contributed by atoms with van der Waals surface area (Å²) in [6.45, 7) is 2.66. The largest absolute Gasteiger partial charge is 0.481 e. The third kappa shape index (κ3) is 8.07. The van der Waals surface area contributed by atoms with Gasteiger partial charge in [0.2, 0.25) is 5.91 Å². The number of hydrogen-bond donors (Lipinski definition) is 2. The summed E-state index contributed by atoms with van der Waals surface area (Å²) in [6, 6.07) is 5.67. The SMILES string of the molecule is CCC(CCNC(=O)CCc1ccccn1)CCC(=O)O. The van der Waals surface area contributed by atoms with Crippen molar-refractivity contribution in [2.75, 3.05) is 6.54 Å². The molecule has 0 saturated carbocycles. The van der Waals surface area contributed by atoms with Crippen molar-refractivity contribution in [3.8, 4) is 0 Å². The molecule has 5 nitrogen and oxygen atoms in total. The van der Waals surface area contributed by atoms with Crippen molar-refractivity contribution in [2.24, 2.45) is 5.92 Å². The van der Waals surface area contributed by atoms with Crippen LogP contribution in [-0.2, 0) is 16.0 Å². The maximum atomic E-state index is 11.7. The lowest BCUT2D eigenvalue weighted by atomic mass is 9.96. The van der Waals surface area contributed by atoms with E-state index in [2.05, 4.69) is 17.2 Å². The lowest BCUT2D eigenvalue weighted by Crippen LogP contribution is -2.26. The van der Waals surface area contributed by atoms with Crippen molar-refractivity contribution in [1.29, 1.82) is 0 Å². The van der Waals surface area contributed by atoms with E-state index in [1.807, 2.05) is 18.2 Å². The minimum atomic E-state index is -0.757. The molecule has 116 valence electrons. The highest BCUT2D eigenvalue weighted by Crippen LogP contribution is 2.14. The van der Waals surface area contributed by atoms with Crippen molar-refractivity contribution in [2.45, 2.75) is 45.4 Å². The maximum Gasteiger partial charge on any atom is 0.303 e. The number of hydrogen-bond acceptors (Lipinski definition) is 3. The summed E-state index contributed by atoms with van der Waals surface area (Å²) < 4.78 is 0. The minimum absolute atomic E-state index is 0.0220. The van der Waals surface area contributed by atoms with Gasteiger partial charge in [0.15, 0.2) is 0 Å². The summed E-state index contributed by atoms with van der Waals surface area (Å²) in [4.78, 5) is 26.4. The molecule has 0 bridgehead atoms. The van der Waals surface area contributed by atoms with Crippen molar-refractivity contribution in [1.82, 2.24) is 10.3 Å². The predicted octanol–water partition coefficient (Wildman–Crippen LogP) is 2.41. The number of nitrogens with one attached hydrogen (secondary N) is 1. The van der Waals surface area contributed by atoms with E-state index >= 15 is 0 Å². The van der Waals surface area contributed by atoms with Gasteiger partial charge < -0.3 is 10.4 Å². The highest BCUT2D eigenvalue weighted by molar-refractivity contribution is 5.76. The van der Waals surface area contributed by atoms with Crippen LogP contribution in [0, 0.1) is 5.92 Å². The number of aryl methyl sites for hydroxylation is 1. The van der Waals surface area contributed by atoms with Gasteiger partial charge in [-0.1, -0.05) is 19.4 Å². The van der Waals surface area contributed by atoms with Gasteiger partial charge in [-0.25, -0.2) is 0 Å². The predicted molar refractivity (Wildman–Crippen MR) is 80.8 cm³/mol. The molecule has 0 fully saturated rings. The summed E-state index contributed by atoms with van der Waals surface area (Å²) in [5.74, 6) is -0.376. The summed E-state index contributed by atoms with van der Waals surface area (Å²) in [7, 11) is 0. The van der Waals surface area contributed by atoms with E-state index in [9.17, 15) is 9.59 Å². The molecule has 21 heavy (non-hydrogen) atoms. The molecule has 0 aliphatic rings. The fraction of sp³-hybridized carbons (Fsp3) is 0.562. The number of rotatable bonds is 10. The second-order valence-electron chi connectivity index (χ2n) is 5.17. The first-order chi connectivity index (χ1) is 10.1. The molecule has 1 unspecified atom stereocenters. The normalized spacial score (nSPS) is 11.9. The molecule has 0 aliphatic carbocycles. The zero-order valence-corrected chi connectivity index (χ0v) is 12.5.